The molecule has 1 aliphatic heterocycles. The van der Waals surface area contributed by atoms with Crippen LogP contribution in [0.2, 0.25) is 0 Å². The van der Waals surface area contributed by atoms with Crippen molar-refractivity contribution >= 4 is 0 Å². The van der Waals surface area contributed by atoms with E-state index in [4.69, 9.17) is 10.8 Å². The van der Waals surface area contributed by atoms with E-state index in [1.807, 2.05) is 0 Å². The molecule has 3 nitrogen and oxygen atoms in total. The van der Waals surface area contributed by atoms with Gasteiger partial charge in [-0.05, 0) is 60.5 Å². The molecule has 0 spiro atoms. The molecule has 1 saturated heterocycles. The van der Waals surface area contributed by atoms with E-state index in [-0.39, 0.29) is 32.7 Å². The summed E-state index contributed by atoms with van der Waals surface area (Å²) in [6.45, 7) is 6.46. The van der Waals surface area contributed by atoms with Gasteiger partial charge in [0.15, 0.2) is 0 Å². The van der Waals surface area contributed by atoms with Gasteiger partial charge in [-0.15, -0.1) is 5.54 Å². The van der Waals surface area contributed by atoms with Crippen LogP contribution in [0.1, 0.15) is 64.4 Å². The maximum absolute atomic E-state index is 9.14. The summed E-state index contributed by atoms with van der Waals surface area (Å²) in [6, 6.07) is 11.1. The molecule has 1 aromatic carbocycles. The van der Waals surface area contributed by atoms with Crippen molar-refractivity contribution in [3.05, 3.63) is 41.6 Å². The first-order valence-electron chi connectivity index (χ1n) is 10.5. The average Bonchev–Trinajstić information content (AvgIpc) is 2.56. The number of aliphatic hydroxyl groups is 1. The standard InChI is InChI=1S/C17H22N.C6H13NO.W/c1-15-7-13-8-16(10-15,12-17(18,9-13)11-15)14-5-3-2-4-6-14;1-5-4-7-3-2-6(5)8;/h2-6,13,18H,7-12H2,1H3;5-8H,2-4H2,1H3;/q-1;;. The third-order valence-corrected chi connectivity index (χ3v) is 7.47. The zero-order valence-electron chi connectivity index (χ0n) is 16.8. The molecule has 5 fully saturated rings. The Bertz CT molecular complexity index is 609. The van der Waals surface area contributed by atoms with Crippen molar-refractivity contribution in [2.75, 3.05) is 13.1 Å². The Kier molecular flexibility index (Phi) is 6.29. The fourth-order valence-electron chi connectivity index (χ4n) is 7.03. The summed E-state index contributed by atoms with van der Waals surface area (Å²) in [7, 11) is 0. The average molecular weight is 539 g/mol. The fraction of sp³-hybridized carbons (Fsp3) is 0.739. The van der Waals surface area contributed by atoms with Crippen molar-refractivity contribution < 1.29 is 26.2 Å². The number of aliphatic hydroxyl groups excluding tert-OH is 1. The number of piperidine rings is 1. The fourth-order valence-corrected chi connectivity index (χ4v) is 7.03. The number of hydrogen-bond donors (Lipinski definition) is 2. The van der Waals surface area contributed by atoms with E-state index >= 15 is 0 Å². The van der Waals surface area contributed by atoms with E-state index in [1.165, 1.54) is 24.8 Å². The van der Waals surface area contributed by atoms with E-state index in [0.29, 0.717) is 16.7 Å². The van der Waals surface area contributed by atoms with E-state index in [0.717, 1.165) is 44.7 Å². The maximum atomic E-state index is 9.14. The maximum Gasteiger partial charge on any atom is 0.0590 e. The molecule has 5 aliphatic rings. The van der Waals surface area contributed by atoms with Gasteiger partial charge >= 0.3 is 0 Å². The first kappa shape index (κ1) is 21.5. The molecule has 1 aromatic rings. The minimum atomic E-state index is -0.121. The summed E-state index contributed by atoms with van der Waals surface area (Å²) in [4.78, 5) is 0. The second-order valence-corrected chi connectivity index (χ2v) is 10.3. The molecule has 6 rings (SSSR count). The molecule has 6 unspecified atom stereocenters. The summed E-state index contributed by atoms with van der Waals surface area (Å²) in [6.07, 6.45) is 8.31. The summed E-state index contributed by atoms with van der Waals surface area (Å²) in [5.41, 5.74) is 11.0. The Hall–Kier alpha value is -0.212. The second-order valence-electron chi connectivity index (χ2n) is 10.3. The van der Waals surface area contributed by atoms with Crippen LogP contribution in [0.25, 0.3) is 5.73 Å². The van der Waals surface area contributed by atoms with Gasteiger partial charge in [-0.2, -0.15) is 0 Å². The van der Waals surface area contributed by atoms with Crippen LogP contribution < -0.4 is 5.32 Å². The van der Waals surface area contributed by atoms with Crippen LogP contribution >= 0.6 is 0 Å². The summed E-state index contributed by atoms with van der Waals surface area (Å²) in [5, 5.41) is 12.3. The van der Waals surface area contributed by atoms with Crippen molar-refractivity contribution in [1.82, 2.24) is 5.32 Å². The van der Waals surface area contributed by atoms with E-state index in [1.54, 1.807) is 0 Å². The van der Waals surface area contributed by atoms with Gasteiger partial charge in [0.2, 0.25) is 0 Å². The largest absolute Gasteiger partial charge is 0.672 e. The Morgan fingerprint density at radius 1 is 1.07 bits per heavy atom. The van der Waals surface area contributed by atoms with Crippen LogP contribution in [-0.4, -0.2) is 29.8 Å². The van der Waals surface area contributed by atoms with E-state index in [2.05, 4.69) is 49.5 Å². The molecule has 4 bridgehead atoms. The van der Waals surface area contributed by atoms with Crippen molar-refractivity contribution in [2.24, 2.45) is 17.3 Å². The third-order valence-electron chi connectivity index (χ3n) is 7.47. The molecule has 0 amide bonds. The van der Waals surface area contributed by atoms with E-state index in [9.17, 15) is 0 Å². The first-order valence-corrected chi connectivity index (χ1v) is 10.5. The molecule has 3 N–H and O–H groups in total. The van der Waals surface area contributed by atoms with Crippen LogP contribution in [0.4, 0.5) is 0 Å². The molecular weight excluding hydrogens is 504 g/mol. The van der Waals surface area contributed by atoms with Crippen molar-refractivity contribution in [1.29, 1.82) is 0 Å². The number of nitrogens with one attached hydrogen (secondary N) is 2. The molecule has 150 valence electrons. The first-order chi connectivity index (χ1) is 12.3. The van der Waals surface area contributed by atoms with Crippen molar-refractivity contribution in [2.45, 2.75) is 75.9 Å². The summed E-state index contributed by atoms with van der Waals surface area (Å²) >= 11 is 0. The molecule has 0 radical (unpaired) electrons. The van der Waals surface area contributed by atoms with Crippen LogP contribution in [0.3, 0.4) is 0 Å². The molecule has 4 saturated carbocycles. The minimum Gasteiger partial charge on any atom is -0.672 e. The predicted octanol–water partition coefficient (Wildman–Crippen LogP) is 4.69. The minimum absolute atomic E-state index is 0. The molecule has 1 heterocycles. The van der Waals surface area contributed by atoms with Gasteiger partial charge in [0.1, 0.15) is 0 Å². The normalized spacial score (nSPS) is 44.8. The van der Waals surface area contributed by atoms with Gasteiger partial charge in [0, 0.05) is 27.6 Å². The van der Waals surface area contributed by atoms with Gasteiger partial charge in [0.05, 0.1) is 6.10 Å². The van der Waals surface area contributed by atoms with Crippen LogP contribution in [0.5, 0.6) is 0 Å². The zero-order valence-corrected chi connectivity index (χ0v) is 19.8. The monoisotopic (exact) mass is 539 g/mol. The Balaban J connectivity index is 0.000000200. The van der Waals surface area contributed by atoms with E-state index < -0.39 is 0 Å². The smallest absolute Gasteiger partial charge is 0.0590 e. The number of benzene rings is 1. The molecule has 4 heteroatoms. The Morgan fingerprint density at radius 2 is 1.81 bits per heavy atom. The predicted molar refractivity (Wildman–Crippen MR) is 107 cm³/mol. The molecule has 0 aromatic heterocycles. The molecule has 6 atom stereocenters. The van der Waals surface area contributed by atoms with Crippen LogP contribution in [0.15, 0.2) is 30.3 Å². The van der Waals surface area contributed by atoms with Gasteiger partial charge in [0.25, 0.3) is 0 Å². The van der Waals surface area contributed by atoms with Crippen molar-refractivity contribution in [3.8, 4) is 0 Å². The second kappa shape index (κ2) is 7.90. The SMILES string of the molecule is CC12CC3CC([NH-])(C1)CC(c1ccccc1)(C3)C2.CC1CNCCC1O.[W]. The molecule has 27 heavy (non-hydrogen) atoms. The zero-order chi connectivity index (χ0) is 18.4. The summed E-state index contributed by atoms with van der Waals surface area (Å²) < 4.78 is 0. The van der Waals surface area contributed by atoms with Gasteiger partial charge in [-0.1, -0.05) is 63.4 Å². The van der Waals surface area contributed by atoms with Gasteiger partial charge in [-0.25, -0.2) is 0 Å². The van der Waals surface area contributed by atoms with Crippen LogP contribution in [0, 0.1) is 17.3 Å². The Labute approximate surface area is 179 Å². The number of rotatable bonds is 1. The van der Waals surface area contributed by atoms with Gasteiger partial charge in [-0.3, -0.25) is 0 Å². The summed E-state index contributed by atoms with van der Waals surface area (Å²) in [5.74, 6) is 1.26. The number of hydrogen-bond acceptors (Lipinski definition) is 2. The topological polar surface area (TPSA) is 56.1 Å². The third kappa shape index (κ3) is 4.37. The van der Waals surface area contributed by atoms with Gasteiger partial charge < -0.3 is 16.2 Å². The molecule has 4 aliphatic carbocycles. The molecular formula is C23H35N2OW-. The van der Waals surface area contributed by atoms with Crippen molar-refractivity contribution in [3.63, 3.8) is 0 Å². The van der Waals surface area contributed by atoms with Crippen LogP contribution in [-0.2, 0) is 26.5 Å². The Morgan fingerprint density at radius 3 is 2.37 bits per heavy atom. The quantitative estimate of drug-likeness (QED) is 0.544.